The number of aryl methyl sites for hydroxylation is 1. The van der Waals surface area contributed by atoms with E-state index in [-0.39, 0.29) is 17.9 Å². The highest BCUT2D eigenvalue weighted by atomic mass is 16.2. The van der Waals surface area contributed by atoms with E-state index in [2.05, 4.69) is 11.4 Å². The van der Waals surface area contributed by atoms with Crippen LogP contribution in [0, 0.1) is 12.8 Å². The van der Waals surface area contributed by atoms with E-state index in [9.17, 15) is 9.59 Å². The molecule has 21 heavy (non-hydrogen) atoms. The normalized spacial score (nSPS) is 24.9. The molecule has 1 aliphatic heterocycles. The van der Waals surface area contributed by atoms with Gasteiger partial charge in [0.25, 0.3) is 0 Å². The molecular formula is C17H22N2O2. The Hall–Kier alpha value is -1.84. The van der Waals surface area contributed by atoms with Gasteiger partial charge in [-0.05, 0) is 45.1 Å². The minimum absolute atomic E-state index is 0.0494. The van der Waals surface area contributed by atoms with E-state index in [4.69, 9.17) is 0 Å². The van der Waals surface area contributed by atoms with Crippen molar-refractivity contribution in [3.8, 4) is 0 Å². The first-order valence-corrected chi connectivity index (χ1v) is 7.57. The predicted molar refractivity (Wildman–Crippen MR) is 80.5 cm³/mol. The summed E-state index contributed by atoms with van der Waals surface area (Å²) in [5.74, 6) is 0.341. The topological polar surface area (TPSA) is 49.4 Å². The molecule has 0 spiro atoms. The molecular weight excluding hydrogens is 264 g/mol. The lowest BCUT2D eigenvalue weighted by Crippen LogP contribution is -2.68. The van der Waals surface area contributed by atoms with Gasteiger partial charge in [0.05, 0.1) is 0 Å². The minimum Gasteiger partial charge on any atom is -0.342 e. The van der Waals surface area contributed by atoms with Gasteiger partial charge in [-0.3, -0.25) is 9.59 Å². The maximum absolute atomic E-state index is 12.8. The van der Waals surface area contributed by atoms with Crippen molar-refractivity contribution in [3.05, 3.63) is 35.4 Å². The van der Waals surface area contributed by atoms with E-state index >= 15 is 0 Å². The molecule has 2 aliphatic rings. The third-order valence-corrected chi connectivity index (χ3v) is 4.57. The number of rotatable bonds is 3. The van der Waals surface area contributed by atoms with E-state index in [1.807, 2.05) is 39.0 Å². The molecule has 112 valence electrons. The number of nitrogens with zero attached hydrogens (tertiary/aromatic N) is 1. The Kier molecular flexibility index (Phi) is 3.27. The number of hydrogen-bond donors (Lipinski definition) is 1. The second-order valence-corrected chi connectivity index (χ2v) is 6.76. The van der Waals surface area contributed by atoms with Crippen molar-refractivity contribution in [2.24, 2.45) is 5.92 Å². The van der Waals surface area contributed by atoms with E-state index in [1.54, 1.807) is 4.90 Å². The predicted octanol–water partition coefficient (Wildman–Crippen LogP) is 2.01. The molecule has 1 aromatic carbocycles. The summed E-state index contributed by atoms with van der Waals surface area (Å²) >= 11 is 0. The highest BCUT2D eigenvalue weighted by molar-refractivity contribution is 5.99. The number of nitrogens with one attached hydrogen (secondary N) is 1. The Bertz CT molecular complexity index is 590. The fraction of sp³-hybridized carbons (Fsp3) is 0.529. The van der Waals surface area contributed by atoms with Crippen molar-refractivity contribution < 1.29 is 9.59 Å². The number of amides is 2. The molecule has 1 heterocycles. The van der Waals surface area contributed by atoms with E-state index < -0.39 is 5.54 Å². The maximum Gasteiger partial charge on any atom is 0.246 e. The van der Waals surface area contributed by atoms with Gasteiger partial charge in [-0.2, -0.15) is 0 Å². The summed E-state index contributed by atoms with van der Waals surface area (Å²) in [7, 11) is 0. The van der Waals surface area contributed by atoms with Crippen LogP contribution in [0.25, 0.3) is 0 Å². The lowest BCUT2D eigenvalue weighted by Gasteiger charge is -2.44. The Balaban J connectivity index is 1.88. The fourth-order valence-electron chi connectivity index (χ4n) is 2.96. The average Bonchev–Trinajstić information content (AvgIpc) is 3.24. The fourth-order valence-corrected chi connectivity index (χ4v) is 2.96. The van der Waals surface area contributed by atoms with Crippen LogP contribution in [0.4, 0.5) is 0 Å². The van der Waals surface area contributed by atoms with Crippen molar-refractivity contribution in [2.45, 2.75) is 51.7 Å². The molecule has 1 atom stereocenters. The van der Waals surface area contributed by atoms with Gasteiger partial charge in [0, 0.05) is 6.54 Å². The number of hydrogen-bond acceptors (Lipinski definition) is 2. The van der Waals surface area contributed by atoms with Gasteiger partial charge in [-0.1, -0.05) is 29.8 Å². The summed E-state index contributed by atoms with van der Waals surface area (Å²) in [5.41, 5.74) is 1.44. The molecule has 2 fully saturated rings. The summed E-state index contributed by atoms with van der Waals surface area (Å²) in [5, 5.41) is 2.92. The number of benzene rings is 1. The lowest BCUT2D eigenvalue weighted by atomic mass is 9.93. The highest BCUT2D eigenvalue weighted by Crippen LogP contribution is 2.37. The smallest absolute Gasteiger partial charge is 0.246 e. The van der Waals surface area contributed by atoms with E-state index in [1.165, 1.54) is 0 Å². The van der Waals surface area contributed by atoms with Crippen LogP contribution in [0.3, 0.4) is 0 Å². The monoisotopic (exact) mass is 286 g/mol. The molecule has 0 radical (unpaired) electrons. The highest BCUT2D eigenvalue weighted by Gasteiger charge is 2.50. The van der Waals surface area contributed by atoms with Crippen LogP contribution in [-0.2, 0) is 16.1 Å². The molecule has 4 heteroatoms. The van der Waals surface area contributed by atoms with Crippen LogP contribution in [0.5, 0.6) is 0 Å². The zero-order chi connectivity index (χ0) is 15.2. The van der Waals surface area contributed by atoms with Gasteiger partial charge < -0.3 is 10.2 Å². The molecule has 1 aliphatic carbocycles. The van der Waals surface area contributed by atoms with Crippen molar-refractivity contribution in [1.82, 2.24) is 10.2 Å². The first kappa shape index (κ1) is 14.1. The number of piperazine rings is 1. The van der Waals surface area contributed by atoms with Crippen LogP contribution in [0.2, 0.25) is 0 Å². The molecule has 0 bridgehead atoms. The molecule has 1 aromatic rings. The van der Waals surface area contributed by atoms with Gasteiger partial charge >= 0.3 is 0 Å². The number of carbonyl (C=O) groups is 2. The summed E-state index contributed by atoms with van der Waals surface area (Å²) in [6, 6.07) is 7.78. The van der Waals surface area contributed by atoms with Crippen LogP contribution in [0.1, 0.15) is 37.8 Å². The third-order valence-electron chi connectivity index (χ3n) is 4.57. The van der Waals surface area contributed by atoms with Crippen LogP contribution in [-0.4, -0.2) is 28.3 Å². The van der Waals surface area contributed by atoms with Gasteiger partial charge in [-0.15, -0.1) is 0 Å². The summed E-state index contributed by atoms with van der Waals surface area (Å²) < 4.78 is 0. The molecule has 1 N–H and O–H groups in total. The average molecular weight is 286 g/mol. The summed E-state index contributed by atoms with van der Waals surface area (Å²) in [4.78, 5) is 26.9. The summed E-state index contributed by atoms with van der Waals surface area (Å²) in [6.07, 6.45) is 2.07. The van der Waals surface area contributed by atoms with Gasteiger partial charge in [0.1, 0.15) is 11.6 Å². The van der Waals surface area contributed by atoms with Crippen LogP contribution >= 0.6 is 0 Å². The van der Waals surface area contributed by atoms with Gasteiger partial charge in [-0.25, -0.2) is 0 Å². The Morgan fingerprint density at radius 2 is 2.00 bits per heavy atom. The first-order valence-electron chi connectivity index (χ1n) is 7.57. The Morgan fingerprint density at radius 3 is 2.62 bits per heavy atom. The Labute approximate surface area is 125 Å². The molecule has 3 rings (SSSR count). The molecule has 1 unspecified atom stereocenters. The Morgan fingerprint density at radius 1 is 1.29 bits per heavy atom. The van der Waals surface area contributed by atoms with E-state index in [0.29, 0.717) is 12.5 Å². The second-order valence-electron chi connectivity index (χ2n) is 6.76. The van der Waals surface area contributed by atoms with Crippen molar-refractivity contribution in [2.75, 3.05) is 0 Å². The van der Waals surface area contributed by atoms with Crippen LogP contribution in [0.15, 0.2) is 24.3 Å². The van der Waals surface area contributed by atoms with Crippen molar-refractivity contribution in [3.63, 3.8) is 0 Å². The van der Waals surface area contributed by atoms with Crippen molar-refractivity contribution >= 4 is 11.8 Å². The van der Waals surface area contributed by atoms with Gasteiger partial charge in [0.15, 0.2) is 0 Å². The standard InChI is InChI=1S/C17H22N2O2/c1-11-5-4-6-12(9-11)10-19-15(20)14(13-7-8-13)18-16(21)17(19,2)3/h4-6,9,13-14H,7-8,10H2,1-3H3,(H,18,21). The SMILES string of the molecule is Cc1cccc(CN2C(=O)C(C3CC3)NC(=O)C2(C)C)c1. The van der Waals surface area contributed by atoms with Crippen molar-refractivity contribution in [1.29, 1.82) is 0 Å². The molecule has 4 nitrogen and oxygen atoms in total. The summed E-state index contributed by atoms with van der Waals surface area (Å²) in [6.45, 7) is 6.16. The first-order chi connectivity index (χ1) is 9.89. The second kappa shape index (κ2) is 4.86. The zero-order valence-electron chi connectivity index (χ0n) is 12.8. The van der Waals surface area contributed by atoms with E-state index in [0.717, 1.165) is 24.0 Å². The lowest BCUT2D eigenvalue weighted by molar-refractivity contribution is -0.156. The van der Waals surface area contributed by atoms with Gasteiger partial charge in [0.2, 0.25) is 11.8 Å². The zero-order valence-corrected chi connectivity index (χ0v) is 12.8. The molecule has 1 saturated heterocycles. The largest absolute Gasteiger partial charge is 0.342 e. The molecule has 0 aromatic heterocycles. The molecule has 1 saturated carbocycles. The van der Waals surface area contributed by atoms with Crippen LogP contribution < -0.4 is 5.32 Å². The minimum atomic E-state index is -0.799. The molecule has 2 amide bonds. The quantitative estimate of drug-likeness (QED) is 0.924. The maximum atomic E-state index is 12.8. The third kappa shape index (κ3) is 2.55. The number of carbonyl (C=O) groups excluding carboxylic acids is 2.